The molecule has 3 rings (SSSR count). The van der Waals surface area contributed by atoms with Crippen LogP contribution in [0.4, 0.5) is 0 Å². The minimum absolute atomic E-state index is 0.498. The molecule has 6 nitrogen and oxygen atoms in total. The summed E-state index contributed by atoms with van der Waals surface area (Å²) in [5, 5.41) is 6.81. The van der Waals surface area contributed by atoms with Gasteiger partial charge in [-0.1, -0.05) is 36.4 Å². The molecule has 3 aromatic rings. The van der Waals surface area contributed by atoms with Gasteiger partial charge in [0.15, 0.2) is 11.5 Å². The first kappa shape index (κ1) is 17.0. The number of nitrogens with zero attached hydrogens (tertiary/aromatic N) is 2. The van der Waals surface area contributed by atoms with Gasteiger partial charge in [0.25, 0.3) is 0 Å². The molecule has 0 amide bonds. The van der Waals surface area contributed by atoms with E-state index in [0.717, 1.165) is 17.0 Å². The fourth-order valence-corrected chi connectivity index (χ4v) is 2.65. The van der Waals surface area contributed by atoms with Gasteiger partial charge in [0.2, 0.25) is 4.77 Å². The predicted octanol–water partition coefficient (Wildman–Crippen LogP) is 3.58. The van der Waals surface area contributed by atoms with Gasteiger partial charge in [0.05, 0.1) is 13.7 Å². The summed E-state index contributed by atoms with van der Waals surface area (Å²) in [5.74, 6) is 2.19. The second-order valence-electron chi connectivity index (χ2n) is 5.51. The first-order valence-electron chi connectivity index (χ1n) is 7.89. The average molecular weight is 356 g/mol. The Balaban J connectivity index is 1.68. The number of ether oxygens (including phenoxy) is 2. The predicted molar refractivity (Wildman–Crippen MR) is 99.0 cm³/mol. The Labute approximate surface area is 151 Å². The summed E-state index contributed by atoms with van der Waals surface area (Å²) in [5.41, 5.74) is 5.39. The zero-order chi connectivity index (χ0) is 17.6. The summed E-state index contributed by atoms with van der Waals surface area (Å²) in [6.45, 7) is 2.96. The van der Waals surface area contributed by atoms with E-state index in [1.165, 1.54) is 0 Å². The molecule has 0 bridgehead atoms. The van der Waals surface area contributed by atoms with E-state index >= 15 is 0 Å². The Bertz CT molecular complexity index is 890. The van der Waals surface area contributed by atoms with Crippen molar-refractivity contribution in [2.24, 2.45) is 0 Å². The van der Waals surface area contributed by atoms with Crippen molar-refractivity contribution in [2.45, 2.75) is 20.1 Å². The van der Waals surface area contributed by atoms with Crippen LogP contribution in [-0.4, -0.2) is 22.0 Å². The lowest BCUT2D eigenvalue weighted by molar-refractivity contribution is 0.284. The smallest absolute Gasteiger partial charge is 0.214 e. The highest BCUT2D eigenvalue weighted by Gasteiger charge is 2.07. The molecule has 130 valence electrons. The normalized spacial score (nSPS) is 10.5. The number of aryl methyl sites for hydroxylation is 1. The molecular weight excluding hydrogens is 336 g/mol. The van der Waals surface area contributed by atoms with Crippen LogP contribution >= 0.6 is 12.2 Å². The van der Waals surface area contributed by atoms with Gasteiger partial charge >= 0.3 is 0 Å². The van der Waals surface area contributed by atoms with Crippen molar-refractivity contribution in [2.75, 3.05) is 12.5 Å². The van der Waals surface area contributed by atoms with Crippen LogP contribution in [0.25, 0.3) is 0 Å². The highest BCUT2D eigenvalue weighted by molar-refractivity contribution is 7.71. The van der Waals surface area contributed by atoms with Gasteiger partial charge in [-0.3, -0.25) is 5.10 Å². The van der Waals surface area contributed by atoms with Crippen molar-refractivity contribution < 1.29 is 9.47 Å². The molecule has 0 aliphatic carbocycles. The Morgan fingerprint density at radius 1 is 1.12 bits per heavy atom. The van der Waals surface area contributed by atoms with Crippen molar-refractivity contribution in [3.8, 4) is 11.5 Å². The van der Waals surface area contributed by atoms with E-state index in [1.807, 2.05) is 55.5 Å². The summed E-state index contributed by atoms with van der Waals surface area (Å²) >= 11 is 5.18. The maximum absolute atomic E-state index is 5.88. The molecule has 25 heavy (non-hydrogen) atoms. The largest absolute Gasteiger partial charge is 0.493 e. The summed E-state index contributed by atoms with van der Waals surface area (Å²) in [7, 11) is 1.64. The third kappa shape index (κ3) is 4.19. The third-order valence-corrected chi connectivity index (χ3v) is 4.02. The van der Waals surface area contributed by atoms with Gasteiger partial charge in [0.1, 0.15) is 12.4 Å². The zero-order valence-corrected chi connectivity index (χ0v) is 15.0. The molecule has 0 unspecified atom stereocenters. The molecule has 2 N–H and O–H groups in total. The lowest BCUT2D eigenvalue weighted by atomic mass is 10.2. The number of aromatic nitrogens is 3. The van der Waals surface area contributed by atoms with Gasteiger partial charge in [-0.05, 0) is 42.4 Å². The van der Waals surface area contributed by atoms with E-state index < -0.39 is 0 Å². The number of H-pyrrole nitrogens is 1. The maximum atomic E-state index is 5.88. The lowest BCUT2D eigenvalue weighted by Crippen LogP contribution is -2.16. The average Bonchev–Trinajstić information content (AvgIpc) is 2.97. The zero-order valence-electron chi connectivity index (χ0n) is 14.2. The van der Waals surface area contributed by atoms with Gasteiger partial charge in [-0.2, -0.15) is 5.10 Å². The van der Waals surface area contributed by atoms with Crippen LogP contribution in [0.3, 0.4) is 0 Å². The van der Waals surface area contributed by atoms with Crippen LogP contribution in [0.5, 0.6) is 11.5 Å². The van der Waals surface area contributed by atoms with Crippen LogP contribution < -0.4 is 14.9 Å². The molecule has 0 radical (unpaired) electrons. The molecule has 0 spiro atoms. The van der Waals surface area contributed by atoms with E-state index in [0.29, 0.717) is 29.4 Å². The molecule has 7 heteroatoms. The molecule has 0 atom stereocenters. The second-order valence-corrected chi connectivity index (χ2v) is 5.89. The number of hydrogen-bond donors (Lipinski definition) is 2. The van der Waals surface area contributed by atoms with Crippen LogP contribution in [0, 0.1) is 11.7 Å². The minimum atomic E-state index is 0.498. The van der Waals surface area contributed by atoms with E-state index in [1.54, 1.807) is 11.8 Å². The fourth-order valence-electron chi connectivity index (χ4n) is 2.41. The molecule has 0 aliphatic rings. The quantitative estimate of drug-likeness (QED) is 0.634. The second kappa shape index (κ2) is 7.85. The van der Waals surface area contributed by atoms with Crippen LogP contribution in [0.1, 0.15) is 17.0 Å². The maximum Gasteiger partial charge on any atom is 0.214 e. The van der Waals surface area contributed by atoms with Gasteiger partial charge < -0.3 is 14.9 Å². The SMILES string of the molecule is COc1cc(CNn2c(C)n[nH]c2=S)ccc1OCc1ccccc1. The molecule has 2 aromatic carbocycles. The minimum Gasteiger partial charge on any atom is -0.493 e. The molecule has 1 heterocycles. The first-order chi connectivity index (χ1) is 12.2. The van der Waals surface area contributed by atoms with Gasteiger partial charge in [0, 0.05) is 0 Å². The molecule has 0 saturated carbocycles. The fraction of sp³-hybridized carbons (Fsp3) is 0.222. The first-order valence-corrected chi connectivity index (χ1v) is 8.29. The van der Waals surface area contributed by atoms with E-state index in [-0.39, 0.29) is 0 Å². The number of rotatable bonds is 7. The van der Waals surface area contributed by atoms with Crippen LogP contribution in [0.2, 0.25) is 0 Å². The molecular formula is C18H20N4O2S. The van der Waals surface area contributed by atoms with E-state index in [9.17, 15) is 0 Å². The molecule has 1 aromatic heterocycles. The number of hydrogen-bond acceptors (Lipinski definition) is 5. The van der Waals surface area contributed by atoms with Gasteiger partial charge in [-0.15, -0.1) is 0 Å². The monoisotopic (exact) mass is 356 g/mol. The van der Waals surface area contributed by atoms with Crippen molar-refractivity contribution in [3.05, 3.63) is 70.3 Å². The lowest BCUT2D eigenvalue weighted by Gasteiger charge is -2.13. The van der Waals surface area contributed by atoms with Crippen LogP contribution in [0.15, 0.2) is 48.5 Å². The van der Waals surface area contributed by atoms with E-state index in [4.69, 9.17) is 21.7 Å². The molecule has 0 aliphatic heterocycles. The topological polar surface area (TPSA) is 64.1 Å². The van der Waals surface area contributed by atoms with Crippen molar-refractivity contribution in [1.29, 1.82) is 0 Å². The van der Waals surface area contributed by atoms with E-state index in [2.05, 4.69) is 15.6 Å². The number of methoxy groups -OCH3 is 1. The Kier molecular flexibility index (Phi) is 5.35. The Morgan fingerprint density at radius 2 is 1.92 bits per heavy atom. The molecule has 0 saturated heterocycles. The number of nitrogens with one attached hydrogen (secondary N) is 2. The van der Waals surface area contributed by atoms with Crippen molar-refractivity contribution in [3.63, 3.8) is 0 Å². The van der Waals surface area contributed by atoms with Gasteiger partial charge in [-0.25, -0.2) is 4.68 Å². The summed E-state index contributed by atoms with van der Waals surface area (Å²) in [6, 6.07) is 15.9. The summed E-state index contributed by atoms with van der Waals surface area (Å²) in [4.78, 5) is 0. The molecule has 0 fully saturated rings. The van der Waals surface area contributed by atoms with Crippen LogP contribution in [-0.2, 0) is 13.2 Å². The highest BCUT2D eigenvalue weighted by Crippen LogP contribution is 2.29. The number of aromatic amines is 1. The standard InChI is InChI=1S/C18H20N4O2S/c1-13-20-21-18(25)22(13)19-11-15-8-9-16(17(10-15)23-2)24-12-14-6-4-3-5-7-14/h3-10,19H,11-12H2,1-2H3,(H,21,25). The third-order valence-electron chi connectivity index (χ3n) is 3.75. The highest BCUT2D eigenvalue weighted by atomic mass is 32.1. The summed E-state index contributed by atoms with van der Waals surface area (Å²) < 4.78 is 13.6. The summed E-state index contributed by atoms with van der Waals surface area (Å²) in [6.07, 6.45) is 0. The number of benzene rings is 2. The Morgan fingerprint density at radius 3 is 2.60 bits per heavy atom. The Hall–Kier alpha value is -2.80. The van der Waals surface area contributed by atoms with Crippen molar-refractivity contribution >= 4 is 12.2 Å². The van der Waals surface area contributed by atoms with Crippen molar-refractivity contribution in [1.82, 2.24) is 14.9 Å².